The molecule has 1 saturated carbocycles. The van der Waals surface area contributed by atoms with Crippen LogP contribution in [0.25, 0.3) is 0 Å². The van der Waals surface area contributed by atoms with Crippen LogP contribution in [0.2, 0.25) is 0 Å². The summed E-state index contributed by atoms with van der Waals surface area (Å²) in [5.41, 5.74) is 1.88. The largest absolute Gasteiger partial charge is 0.356 e. The molecule has 0 radical (unpaired) electrons. The van der Waals surface area contributed by atoms with Crippen LogP contribution in [0.5, 0.6) is 0 Å². The molecule has 7 heteroatoms. The molecule has 0 heterocycles. The summed E-state index contributed by atoms with van der Waals surface area (Å²) in [6, 6.07) is 8.58. The van der Waals surface area contributed by atoms with Gasteiger partial charge in [-0.05, 0) is 44.0 Å². The van der Waals surface area contributed by atoms with E-state index in [9.17, 15) is 4.79 Å². The van der Waals surface area contributed by atoms with Crippen molar-refractivity contribution in [3.05, 3.63) is 35.4 Å². The Hall–Kier alpha value is -1.35. The normalized spacial score (nSPS) is 15.0. The highest BCUT2D eigenvalue weighted by Gasteiger charge is 2.17. The second-order valence-electron chi connectivity index (χ2n) is 7.85. The maximum absolute atomic E-state index is 12.1. The molecule has 29 heavy (non-hydrogen) atoms. The number of carbonyl (C=O) groups excluding carboxylic acids is 1. The number of rotatable bonds is 8. The van der Waals surface area contributed by atoms with Gasteiger partial charge in [0.2, 0.25) is 0 Å². The van der Waals surface area contributed by atoms with Crippen LogP contribution >= 0.6 is 24.0 Å². The van der Waals surface area contributed by atoms with E-state index >= 15 is 0 Å². The van der Waals surface area contributed by atoms with E-state index in [1.165, 1.54) is 32.1 Å². The van der Waals surface area contributed by atoms with Crippen molar-refractivity contribution in [2.24, 2.45) is 4.99 Å². The first-order valence-electron chi connectivity index (χ1n) is 10.5. The van der Waals surface area contributed by atoms with Crippen LogP contribution in [0.4, 0.5) is 0 Å². The topological polar surface area (TPSA) is 60.0 Å². The molecule has 0 bridgehead atoms. The van der Waals surface area contributed by atoms with Gasteiger partial charge in [0.15, 0.2) is 5.96 Å². The Morgan fingerprint density at radius 2 is 1.79 bits per heavy atom. The van der Waals surface area contributed by atoms with Crippen molar-refractivity contribution < 1.29 is 4.79 Å². The van der Waals surface area contributed by atoms with Gasteiger partial charge in [0, 0.05) is 52.4 Å². The van der Waals surface area contributed by atoms with Crippen molar-refractivity contribution in [3.63, 3.8) is 0 Å². The van der Waals surface area contributed by atoms with Crippen molar-refractivity contribution in [3.8, 4) is 0 Å². The summed E-state index contributed by atoms with van der Waals surface area (Å²) in [6.07, 6.45) is 7.64. The molecule has 164 valence electrons. The lowest BCUT2D eigenvalue weighted by Crippen LogP contribution is -2.43. The molecule has 6 nitrogen and oxygen atoms in total. The molecule has 0 saturated heterocycles. The molecule has 1 aliphatic carbocycles. The molecule has 1 aromatic rings. The molecule has 2 N–H and O–H groups in total. The molecule has 0 aromatic heterocycles. The number of hydrogen-bond donors (Lipinski definition) is 2. The van der Waals surface area contributed by atoms with E-state index in [-0.39, 0.29) is 29.9 Å². The maximum Gasteiger partial charge on any atom is 0.253 e. The minimum atomic E-state index is 0. The summed E-state index contributed by atoms with van der Waals surface area (Å²) < 4.78 is 0. The number of nitrogens with one attached hydrogen (secondary N) is 2. The number of hydrogen-bond acceptors (Lipinski definition) is 3. The zero-order valence-electron chi connectivity index (χ0n) is 18.4. The first kappa shape index (κ1) is 25.7. The summed E-state index contributed by atoms with van der Waals surface area (Å²) >= 11 is 0. The summed E-state index contributed by atoms with van der Waals surface area (Å²) in [7, 11) is 7.59. The van der Waals surface area contributed by atoms with E-state index in [4.69, 9.17) is 0 Å². The fourth-order valence-electron chi connectivity index (χ4n) is 3.72. The minimum Gasteiger partial charge on any atom is -0.356 e. The van der Waals surface area contributed by atoms with Crippen LogP contribution in [0, 0.1) is 0 Å². The second-order valence-corrected chi connectivity index (χ2v) is 7.85. The fourth-order valence-corrected chi connectivity index (χ4v) is 3.72. The Bertz CT molecular complexity index is 644. The van der Waals surface area contributed by atoms with Gasteiger partial charge in [-0.1, -0.05) is 31.4 Å². The van der Waals surface area contributed by atoms with Crippen LogP contribution in [0.3, 0.4) is 0 Å². The lowest BCUT2D eigenvalue weighted by atomic mass is 9.94. The van der Waals surface area contributed by atoms with Gasteiger partial charge < -0.3 is 20.4 Å². The SMILES string of the molecule is CN=C(NCCc1cccc(C(=O)N(C)C)c1)NCCN(C)C1CCCCC1.I. The van der Waals surface area contributed by atoms with Gasteiger partial charge in [-0.2, -0.15) is 0 Å². The van der Waals surface area contributed by atoms with Crippen molar-refractivity contribution in [2.75, 3.05) is 47.8 Å². The monoisotopic (exact) mass is 515 g/mol. The predicted octanol–water partition coefficient (Wildman–Crippen LogP) is 2.98. The smallest absolute Gasteiger partial charge is 0.253 e. The number of amides is 1. The number of carbonyl (C=O) groups is 1. The summed E-state index contributed by atoms with van der Waals surface area (Å²) in [4.78, 5) is 20.5. The van der Waals surface area contributed by atoms with E-state index in [2.05, 4.69) is 33.6 Å². The standard InChI is InChI=1S/C22H37N5O.HI/c1-23-22(25-15-16-27(4)20-11-6-5-7-12-20)24-14-13-18-9-8-10-19(17-18)21(28)26(2)3;/h8-10,17,20H,5-7,11-16H2,1-4H3,(H2,23,24,25);1H. The number of halogens is 1. The third-order valence-electron chi connectivity index (χ3n) is 5.46. The fraction of sp³-hybridized carbons (Fsp3) is 0.636. The molecule has 0 spiro atoms. The van der Waals surface area contributed by atoms with Gasteiger partial charge in [0.05, 0.1) is 0 Å². The van der Waals surface area contributed by atoms with E-state index in [1.54, 1.807) is 26.0 Å². The molecule has 1 amide bonds. The van der Waals surface area contributed by atoms with E-state index in [1.807, 2.05) is 18.2 Å². The van der Waals surface area contributed by atoms with Gasteiger partial charge >= 0.3 is 0 Å². The highest BCUT2D eigenvalue weighted by molar-refractivity contribution is 14.0. The average molecular weight is 515 g/mol. The Morgan fingerprint density at radius 3 is 2.45 bits per heavy atom. The Kier molecular flexibility index (Phi) is 12.2. The van der Waals surface area contributed by atoms with Crippen molar-refractivity contribution >= 4 is 35.8 Å². The van der Waals surface area contributed by atoms with E-state index in [0.29, 0.717) is 0 Å². The minimum absolute atomic E-state index is 0. The number of benzene rings is 1. The molecule has 0 unspecified atom stereocenters. The number of aliphatic imine (C=N–C) groups is 1. The molecule has 2 rings (SSSR count). The van der Waals surface area contributed by atoms with Gasteiger partial charge in [-0.15, -0.1) is 24.0 Å². The highest BCUT2D eigenvalue weighted by Crippen LogP contribution is 2.21. The van der Waals surface area contributed by atoms with Gasteiger partial charge in [-0.25, -0.2) is 0 Å². The second kappa shape index (κ2) is 13.8. The molecular formula is C22H38IN5O. The van der Waals surface area contributed by atoms with Gasteiger partial charge in [0.25, 0.3) is 5.91 Å². The molecular weight excluding hydrogens is 477 g/mol. The van der Waals surface area contributed by atoms with Crippen LogP contribution in [0.1, 0.15) is 48.0 Å². The maximum atomic E-state index is 12.1. The van der Waals surface area contributed by atoms with Crippen LogP contribution in [-0.4, -0.2) is 75.5 Å². The lowest BCUT2D eigenvalue weighted by molar-refractivity contribution is 0.0827. The van der Waals surface area contributed by atoms with Crippen LogP contribution in [0.15, 0.2) is 29.3 Å². The van der Waals surface area contributed by atoms with E-state index < -0.39 is 0 Å². The summed E-state index contributed by atoms with van der Waals surface area (Å²) in [5.74, 6) is 0.868. The molecule has 0 aliphatic heterocycles. The number of nitrogens with zero attached hydrogens (tertiary/aromatic N) is 3. The Morgan fingerprint density at radius 1 is 1.10 bits per heavy atom. The lowest BCUT2D eigenvalue weighted by Gasteiger charge is -2.31. The molecule has 1 aliphatic rings. The van der Waals surface area contributed by atoms with Crippen molar-refractivity contribution in [2.45, 2.75) is 44.6 Å². The average Bonchev–Trinajstić information content (AvgIpc) is 2.72. The molecule has 0 atom stereocenters. The highest BCUT2D eigenvalue weighted by atomic mass is 127. The zero-order valence-corrected chi connectivity index (χ0v) is 20.7. The van der Waals surface area contributed by atoms with Crippen molar-refractivity contribution in [1.82, 2.24) is 20.4 Å². The predicted molar refractivity (Wildman–Crippen MR) is 132 cm³/mol. The zero-order chi connectivity index (χ0) is 20.4. The number of guanidine groups is 1. The van der Waals surface area contributed by atoms with Crippen molar-refractivity contribution in [1.29, 1.82) is 0 Å². The Labute approximate surface area is 193 Å². The quantitative estimate of drug-likeness (QED) is 0.318. The summed E-state index contributed by atoms with van der Waals surface area (Å²) in [5, 5.41) is 6.77. The first-order valence-corrected chi connectivity index (χ1v) is 10.5. The van der Waals surface area contributed by atoms with Crippen LogP contribution in [-0.2, 0) is 6.42 Å². The van der Waals surface area contributed by atoms with Gasteiger partial charge in [-0.3, -0.25) is 9.79 Å². The third-order valence-corrected chi connectivity index (χ3v) is 5.46. The molecule has 1 aromatic carbocycles. The first-order chi connectivity index (χ1) is 13.5. The van der Waals surface area contributed by atoms with E-state index in [0.717, 1.165) is 49.2 Å². The molecule has 1 fully saturated rings. The van der Waals surface area contributed by atoms with Crippen LogP contribution < -0.4 is 10.6 Å². The van der Waals surface area contributed by atoms with Gasteiger partial charge in [0.1, 0.15) is 0 Å². The number of likely N-dealkylation sites (N-methyl/N-ethyl adjacent to an activating group) is 1. The third kappa shape index (κ3) is 8.90. The Balaban J connectivity index is 0.00000420. The summed E-state index contributed by atoms with van der Waals surface area (Å²) in [6.45, 7) is 2.69.